The molecule has 0 heterocycles. The zero-order valence-corrected chi connectivity index (χ0v) is 14.5. The Morgan fingerprint density at radius 2 is 1.58 bits per heavy atom. The van der Waals surface area contributed by atoms with E-state index in [2.05, 4.69) is 0 Å². The summed E-state index contributed by atoms with van der Waals surface area (Å²) in [5, 5.41) is 1.04. The van der Waals surface area contributed by atoms with Gasteiger partial charge in [0.05, 0.1) is 10.0 Å². The quantitative estimate of drug-likeness (QED) is 0.635. The maximum absolute atomic E-state index is 6.38. The van der Waals surface area contributed by atoms with E-state index in [1.54, 1.807) is 6.07 Å². The fourth-order valence-electron chi connectivity index (χ4n) is 2.48. The summed E-state index contributed by atoms with van der Waals surface area (Å²) in [6.45, 7) is 0.922. The van der Waals surface area contributed by atoms with Crippen LogP contribution in [0.5, 0.6) is 5.75 Å². The molecule has 2 nitrogen and oxygen atoms in total. The molecular formula is C20H17Cl2NO. The first-order valence-electron chi connectivity index (χ1n) is 7.63. The molecule has 0 saturated carbocycles. The Kier molecular flexibility index (Phi) is 5.41. The highest BCUT2D eigenvalue weighted by atomic mass is 35.5. The van der Waals surface area contributed by atoms with Crippen molar-refractivity contribution < 1.29 is 4.74 Å². The van der Waals surface area contributed by atoms with Crippen LogP contribution < -0.4 is 10.5 Å². The summed E-state index contributed by atoms with van der Waals surface area (Å²) >= 11 is 12.5. The van der Waals surface area contributed by atoms with Crippen LogP contribution in [0.1, 0.15) is 11.1 Å². The monoisotopic (exact) mass is 357 g/mol. The summed E-state index contributed by atoms with van der Waals surface area (Å²) < 4.78 is 6.06. The van der Waals surface area contributed by atoms with Gasteiger partial charge in [-0.2, -0.15) is 0 Å². The molecule has 0 aromatic heterocycles. The zero-order valence-electron chi connectivity index (χ0n) is 13.0. The van der Waals surface area contributed by atoms with Gasteiger partial charge in [-0.3, -0.25) is 0 Å². The molecule has 4 heteroatoms. The third kappa shape index (κ3) is 3.73. The van der Waals surface area contributed by atoms with E-state index < -0.39 is 0 Å². The van der Waals surface area contributed by atoms with Crippen LogP contribution in [-0.4, -0.2) is 0 Å². The van der Waals surface area contributed by atoms with Crippen LogP contribution in [0.4, 0.5) is 0 Å². The lowest BCUT2D eigenvalue weighted by molar-refractivity contribution is 0.307. The Morgan fingerprint density at radius 3 is 2.33 bits per heavy atom. The molecule has 0 saturated heterocycles. The van der Waals surface area contributed by atoms with Gasteiger partial charge in [0.15, 0.2) is 0 Å². The molecule has 0 amide bonds. The van der Waals surface area contributed by atoms with Gasteiger partial charge in [0.1, 0.15) is 12.4 Å². The number of benzene rings is 3. The summed E-state index contributed by atoms with van der Waals surface area (Å²) in [5.41, 5.74) is 9.60. The maximum atomic E-state index is 6.38. The number of hydrogen-bond acceptors (Lipinski definition) is 2. The van der Waals surface area contributed by atoms with Crippen LogP contribution in [-0.2, 0) is 13.2 Å². The van der Waals surface area contributed by atoms with Crippen molar-refractivity contribution in [1.29, 1.82) is 0 Å². The summed E-state index contributed by atoms with van der Waals surface area (Å²) in [7, 11) is 0. The minimum absolute atomic E-state index is 0.450. The van der Waals surface area contributed by atoms with Crippen molar-refractivity contribution >= 4 is 23.2 Å². The van der Waals surface area contributed by atoms with Crippen LogP contribution in [0.2, 0.25) is 10.0 Å². The summed E-state index contributed by atoms with van der Waals surface area (Å²) in [6, 6.07) is 21.5. The van der Waals surface area contributed by atoms with E-state index in [4.69, 9.17) is 33.7 Å². The normalized spacial score (nSPS) is 10.6. The Morgan fingerprint density at radius 1 is 0.792 bits per heavy atom. The fourth-order valence-corrected chi connectivity index (χ4v) is 2.89. The van der Waals surface area contributed by atoms with Gasteiger partial charge in [0, 0.05) is 17.7 Å². The van der Waals surface area contributed by atoms with Crippen LogP contribution in [0.3, 0.4) is 0 Å². The predicted molar refractivity (Wildman–Crippen MR) is 101 cm³/mol. The number of halogens is 2. The van der Waals surface area contributed by atoms with Crippen molar-refractivity contribution in [3.63, 3.8) is 0 Å². The lowest BCUT2D eigenvalue weighted by atomic mass is 10.0. The van der Waals surface area contributed by atoms with Crippen molar-refractivity contribution in [2.75, 3.05) is 0 Å². The molecule has 24 heavy (non-hydrogen) atoms. The number of ether oxygens (including phenoxy) is 1. The molecule has 122 valence electrons. The molecule has 3 aromatic carbocycles. The van der Waals surface area contributed by atoms with Crippen LogP contribution in [0, 0.1) is 0 Å². The van der Waals surface area contributed by atoms with E-state index in [1.807, 2.05) is 60.7 Å². The molecule has 0 fully saturated rings. The minimum atomic E-state index is 0.450. The summed E-state index contributed by atoms with van der Waals surface area (Å²) in [4.78, 5) is 0. The molecule has 0 unspecified atom stereocenters. The first-order valence-corrected chi connectivity index (χ1v) is 8.38. The van der Waals surface area contributed by atoms with Crippen LogP contribution >= 0.6 is 23.2 Å². The summed E-state index contributed by atoms with van der Waals surface area (Å²) in [5.74, 6) is 0.742. The van der Waals surface area contributed by atoms with Gasteiger partial charge in [0.2, 0.25) is 0 Å². The third-order valence-corrected chi connectivity index (χ3v) is 4.58. The number of nitrogens with two attached hydrogens (primary N) is 1. The highest BCUT2D eigenvalue weighted by molar-refractivity contribution is 6.43. The van der Waals surface area contributed by atoms with E-state index >= 15 is 0 Å². The second kappa shape index (κ2) is 7.71. The molecule has 0 bridgehead atoms. The van der Waals surface area contributed by atoms with Gasteiger partial charge in [0.25, 0.3) is 0 Å². The zero-order chi connectivity index (χ0) is 16.9. The first-order chi connectivity index (χ1) is 11.7. The molecule has 3 rings (SSSR count). The number of hydrogen-bond donors (Lipinski definition) is 1. The van der Waals surface area contributed by atoms with E-state index in [1.165, 1.54) is 0 Å². The van der Waals surface area contributed by atoms with Gasteiger partial charge >= 0.3 is 0 Å². The van der Waals surface area contributed by atoms with Gasteiger partial charge in [-0.05, 0) is 23.3 Å². The molecule has 0 radical (unpaired) electrons. The van der Waals surface area contributed by atoms with Gasteiger partial charge in [-0.15, -0.1) is 0 Å². The SMILES string of the molecule is NCc1ccc(-c2cccc(Cl)c2Cl)c(OCc2ccccc2)c1. The smallest absolute Gasteiger partial charge is 0.128 e. The van der Waals surface area contributed by atoms with Crippen molar-refractivity contribution in [2.24, 2.45) is 5.73 Å². The van der Waals surface area contributed by atoms with Gasteiger partial charge in [-0.25, -0.2) is 0 Å². The molecule has 0 aliphatic heterocycles. The second-order valence-corrected chi connectivity index (χ2v) is 6.20. The van der Waals surface area contributed by atoms with E-state index in [0.29, 0.717) is 23.2 Å². The van der Waals surface area contributed by atoms with E-state index in [9.17, 15) is 0 Å². The van der Waals surface area contributed by atoms with Crippen molar-refractivity contribution in [2.45, 2.75) is 13.2 Å². The molecule has 0 spiro atoms. The predicted octanol–water partition coefficient (Wildman–Crippen LogP) is 5.70. The fraction of sp³-hybridized carbons (Fsp3) is 0.100. The maximum Gasteiger partial charge on any atom is 0.128 e. The standard InChI is InChI=1S/C20H17Cl2NO/c21-18-8-4-7-17(20(18)22)16-10-9-15(12-23)11-19(16)24-13-14-5-2-1-3-6-14/h1-11H,12-13,23H2. The Labute approximate surface area is 151 Å². The molecule has 0 aliphatic rings. The molecule has 0 atom stereocenters. The van der Waals surface area contributed by atoms with Crippen molar-refractivity contribution in [3.05, 3.63) is 87.9 Å². The third-order valence-electron chi connectivity index (χ3n) is 3.76. The highest BCUT2D eigenvalue weighted by Gasteiger charge is 2.13. The summed E-state index contributed by atoms with van der Waals surface area (Å²) in [6.07, 6.45) is 0. The lowest BCUT2D eigenvalue weighted by Gasteiger charge is -2.15. The Hall–Kier alpha value is -2.00. The van der Waals surface area contributed by atoms with Gasteiger partial charge in [-0.1, -0.05) is 77.8 Å². The van der Waals surface area contributed by atoms with E-state index in [-0.39, 0.29) is 0 Å². The molecule has 0 aliphatic carbocycles. The molecular weight excluding hydrogens is 341 g/mol. The van der Waals surface area contributed by atoms with Crippen LogP contribution in [0.15, 0.2) is 66.7 Å². The van der Waals surface area contributed by atoms with Crippen molar-refractivity contribution in [1.82, 2.24) is 0 Å². The Bertz CT molecular complexity index is 834. The second-order valence-electron chi connectivity index (χ2n) is 5.41. The molecule has 3 aromatic rings. The van der Waals surface area contributed by atoms with Crippen LogP contribution in [0.25, 0.3) is 11.1 Å². The van der Waals surface area contributed by atoms with Crippen molar-refractivity contribution in [3.8, 4) is 16.9 Å². The highest BCUT2D eigenvalue weighted by Crippen LogP contribution is 2.39. The number of rotatable bonds is 5. The van der Waals surface area contributed by atoms with Gasteiger partial charge < -0.3 is 10.5 Å². The minimum Gasteiger partial charge on any atom is -0.488 e. The Balaban J connectivity index is 1.98. The lowest BCUT2D eigenvalue weighted by Crippen LogP contribution is -2.01. The topological polar surface area (TPSA) is 35.2 Å². The van der Waals surface area contributed by atoms with E-state index in [0.717, 1.165) is 28.0 Å². The first kappa shape index (κ1) is 16.8. The average molecular weight is 358 g/mol. The molecule has 2 N–H and O–H groups in total. The average Bonchev–Trinajstić information content (AvgIpc) is 2.63. The largest absolute Gasteiger partial charge is 0.488 e.